The Kier molecular flexibility index (Phi) is 8.41. The van der Waals surface area contributed by atoms with Gasteiger partial charge in [0.25, 0.3) is 0 Å². The fraction of sp³-hybridized carbons (Fsp3) is 0.263. The highest BCUT2D eigenvalue weighted by Crippen LogP contribution is 2.29. The molecule has 8 heteroatoms. The number of benzene rings is 2. The van der Waals surface area contributed by atoms with E-state index < -0.39 is 0 Å². The molecule has 2 rings (SSSR count). The number of halogens is 3. The molecular formula is C19H19BrCl2N2O3. The largest absolute Gasteiger partial charge is 0.493 e. The minimum Gasteiger partial charge on any atom is -0.493 e. The number of carbonyl (C=O) groups excluding carboxylic acids is 2. The van der Waals surface area contributed by atoms with Crippen LogP contribution in [0.5, 0.6) is 5.75 Å². The number of ether oxygens (including phenoxy) is 1. The van der Waals surface area contributed by atoms with E-state index in [1.54, 1.807) is 18.2 Å². The molecule has 0 aliphatic rings. The topological polar surface area (TPSA) is 58.6 Å². The van der Waals surface area contributed by atoms with Gasteiger partial charge in [-0.2, -0.15) is 0 Å². The molecule has 5 nitrogen and oxygen atoms in total. The summed E-state index contributed by atoms with van der Waals surface area (Å²) in [7, 11) is 0. The first kappa shape index (κ1) is 21.5. The highest BCUT2D eigenvalue weighted by atomic mass is 79.9. The van der Waals surface area contributed by atoms with Crippen LogP contribution in [0.4, 0.5) is 5.69 Å². The van der Waals surface area contributed by atoms with Gasteiger partial charge in [-0.15, -0.1) is 0 Å². The zero-order chi connectivity index (χ0) is 19.8. The van der Waals surface area contributed by atoms with Gasteiger partial charge in [0.2, 0.25) is 11.8 Å². The van der Waals surface area contributed by atoms with Crippen LogP contribution in [-0.4, -0.2) is 36.4 Å². The molecule has 0 saturated heterocycles. The van der Waals surface area contributed by atoms with Crippen LogP contribution in [0.2, 0.25) is 10.0 Å². The minimum absolute atomic E-state index is 0.0895. The summed E-state index contributed by atoms with van der Waals surface area (Å²) in [6.45, 7) is 2.35. The molecule has 0 fully saturated rings. The number of anilines is 1. The van der Waals surface area contributed by atoms with Crippen molar-refractivity contribution in [1.29, 1.82) is 0 Å². The van der Waals surface area contributed by atoms with E-state index in [0.29, 0.717) is 28.0 Å². The maximum absolute atomic E-state index is 12.4. The summed E-state index contributed by atoms with van der Waals surface area (Å²) in [5.74, 6) is 0.132. The first-order valence-corrected chi connectivity index (χ1v) is 9.85. The Bertz CT molecular complexity index is 797. The van der Waals surface area contributed by atoms with Crippen molar-refractivity contribution in [3.63, 3.8) is 0 Å². The number of nitrogens with zero attached hydrogens (tertiary/aromatic N) is 1. The van der Waals surface area contributed by atoms with E-state index in [-0.39, 0.29) is 31.4 Å². The standard InChI is InChI=1S/C19H19BrCl2N2O3/c1-2-24(12-17(25)23-19-15(21)7-4-8-16(19)22)18(26)9-10-27-14-6-3-5-13(20)11-14/h3-8,11H,2,9-10,12H2,1H3,(H,23,25). The molecule has 0 radical (unpaired) electrons. The quantitative estimate of drug-likeness (QED) is 0.586. The van der Waals surface area contributed by atoms with Gasteiger partial charge in [0.1, 0.15) is 5.75 Å². The van der Waals surface area contributed by atoms with Gasteiger partial charge in [0.15, 0.2) is 0 Å². The maximum atomic E-state index is 12.4. The predicted octanol–water partition coefficient (Wildman–Crippen LogP) is 5.01. The average molecular weight is 474 g/mol. The third-order valence-electron chi connectivity index (χ3n) is 3.68. The lowest BCUT2D eigenvalue weighted by Crippen LogP contribution is -2.38. The normalized spacial score (nSPS) is 10.4. The molecular weight excluding hydrogens is 455 g/mol. The van der Waals surface area contributed by atoms with Crippen molar-refractivity contribution < 1.29 is 14.3 Å². The van der Waals surface area contributed by atoms with E-state index >= 15 is 0 Å². The van der Waals surface area contributed by atoms with Gasteiger partial charge in [-0.05, 0) is 37.3 Å². The number of carbonyl (C=O) groups is 2. The van der Waals surface area contributed by atoms with Crippen molar-refractivity contribution in [3.05, 3.63) is 57.0 Å². The number of nitrogens with one attached hydrogen (secondary N) is 1. The lowest BCUT2D eigenvalue weighted by atomic mass is 10.3. The van der Waals surface area contributed by atoms with E-state index in [1.165, 1.54) is 4.90 Å². The third kappa shape index (κ3) is 6.72. The summed E-state index contributed by atoms with van der Waals surface area (Å²) >= 11 is 15.5. The summed E-state index contributed by atoms with van der Waals surface area (Å²) in [5.41, 5.74) is 0.340. The monoisotopic (exact) mass is 472 g/mol. The third-order valence-corrected chi connectivity index (χ3v) is 4.80. The first-order valence-electron chi connectivity index (χ1n) is 8.30. The Morgan fingerprint density at radius 1 is 1.15 bits per heavy atom. The molecule has 2 aromatic rings. The van der Waals surface area contributed by atoms with E-state index in [0.717, 1.165) is 4.47 Å². The summed E-state index contributed by atoms with van der Waals surface area (Å²) in [5, 5.41) is 3.33. The van der Waals surface area contributed by atoms with E-state index in [4.69, 9.17) is 27.9 Å². The number of likely N-dealkylation sites (N-methyl/N-ethyl adjacent to an activating group) is 1. The van der Waals surface area contributed by atoms with Gasteiger partial charge in [-0.1, -0.05) is 51.3 Å². The lowest BCUT2D eigenvalue weighted by Gasteiger charge is -2.21. The van der Waals surface area contributed by atoms with Gasteiger partial charge < -0.3 is 15.0 Å². The van der Waals surface area contributed by atoms with Crippen molar-refractivity contribution in [2.24, 2.45) is 0 Å². The number of para-hydroxylation sites is 1. The summed E-state index contributed by atoms with van der Waals surface area (Å²) in [6, 6.07) is 12.3. The lowest BCUT2D eigenvalue weighted by molar-refractivity contribution is -0.134. The maximum Gasteiger partial charge on any atom is 0.244 e. The van der Waals surface area contributed by atoms with Gasteiger partial charge in [-0.3, -0.25) is 9.59 Å². The Balaban J connectivity index is 1.86. The smallest absolute Gasteiger partial charge is 0.244 e. The predicted molar refractivity (Wildman–Crippen MR) is 112 cm³/mol. The summed E-state index contributed by atoms with van der Waals surface area (Å²) in [4.78, 5) is 26.1. The van der Waals surface area contributed by atoms with E-state index in [1.807, 2.05) is 31.2 Å². The molecule has 0 aliphatic heterocycles. The number of rotatable bonds is 8. The van der Waals surface area contributed by atoms with Crippen LogP contribution < -0.4 is 10.1 Å². The van der Waals surface area contributed by atoms with Crippen molar-refractivity contribution >= 4 is 56.6 Å². The SMILES string of the molecule is CCN(CC(=O)Nc1c(Cl)cccc1Cl)C(=O)CCOc1cccc(Br)c1. The Morgan fingerprint density at radius 2 is 1.81 bits per heavy atom. The van der Waals surface area contributed by atoms with Crippen molar-refractivity contribution in [1.82, 2.24) is 4.90 Å². The second kappa shape index (κ2) is 10.5. The number of hydrogen-bond donors (Lipinski definition) is 1. The van der Waals surface area contributed by atoms with Crippen LogP contribution in [0.3, 0.4) is 0 Å². The van der Waals surface area contributed by atoms with Crippen LogP contribution in [0.15, 0.2) is 46.9 Å². The molecule has 27 heavy (non-hydrogen) atoms. The molecule has 2 aromatic carbocycles. The molecule has 144 valence electrons. The molecule has 1 N–H and O–H groups in total. The Morgan fingerprint density at radius 3 is 2.44 bits per heavy atom. The zero-order valence-electron chi connectivity index (χ0n) is 14.7. The highest BCUT2D eigenvalue weighted by molar-refractivity contribution is 9.10. The summed E-state index contributed by atoms with van der Waals surface area (Å²) < 4.78 is 6.47. The fourth-order valence-corrected chi connectivity index (χ4v) is 3.19. The molecule has 0 heterocycles. The highest BCUT2D eigenvalue weighted by Gasteiger charge is 2.17. The number of amides is 2. The molecule has 0 aromatic heterocycles. The Hall–Kier alpha value is -1.76. The van der Waals surface area contributed by atoms with Gasteiger partial charge in [0.05, 0.1) is 35.3 Å². The van der Waals surface area contributed by atoms with Gasteiger partial charge >= 0.3 is 0 Å². The summed E-state index contributed by atoms with van der Waals surface area (Å²) in [6.07, 6.45) is 0.167. The fourth-order valence-electron chi connectivity index (χ4n) is 2.32. The van der Waals surface area contributed by atoms with E-state index in [9.17, 15) is 9.59 Å². The number of hydrogen-bond acceptors (Lipinski definition) is 3. The molecule has 0 spiro atoms. The van der Waals surface area contributed by atoms with Crippen LogP contribution in [-0.2, 0) is 9.59 Å². The van der Waals surface area contributed by atoms with Crippen LogP contribution in [0.1, 0.15) is 13.3 Å². The second-order valence-electron chi connectivity index (χ2n) is 5.61. The molecule has 0 saturated carbocycles. The van der Waals surface area contributed by atoms with Crippen molar-refractivity contribution in [2.45, 2.75) is 13.3 Å². The van der Waals surface area contributed by atoms with Crippen LogP contribution in [0, 0.1) is 0 Å². The van der Waals surface area contributed by atoms with E-state index in [2.05, 4.69) is 21.2 Å². The zero-order valence-corrected chi connectivity index (χ0v) is 17.8. The van der Waals surface area contributed by atoms with Crippen LogP contribution >= 0.6 is 39.1 Å². The Labute approximate surface area is 176 Å². The molecule has 2 amide bonds. The molecule has 0 atom stereocenters. The molecule has 0 unspecified atom stereocenters. The first-order chi connectivity index (χ1) is 12.9. The van der Waals surface area contributed by atoms with Crippen molar-refractivity contribution in [2.75, 3.05) is 25.0 Å². The molecule has 0 aliphatic carbocycles. The molecule has 0 bridgehead atoms. The minimum atomic E-state index is -0.367. The van der Waals surface area contributed by atoms with Gasteiger partial charge in [-0.25, -0.2) is 0 Å². The second-order valence-corrected chi connectivity index (χ2v) is 7.34. The van der Waals surface area contributed by atoms with Crippen molar-refractivity contribution in [3.8, 4) is 5.75 Å². The van der Waals surface area contributed by atoms with Gasteiger partial charge in [0, 0.05) is 11.0 Å². The van der Waals surface area contributed by atoms with Crippen LogP contribution in [0.25, 0.3) is 0 Å². The average Bonchev–Trinajstić information content (AvgIpc) is 2.63.